The van der Waals surface area contributed by atoms with Crippen LogP contribution in [-0.4, -0.2) is 9.13 Å². The summed E-state index contributed by atoms with van der Waals surface area (Å²) in [4.78, 5) is 0. The van der Waals surface area contributed by atoms with Crippen molar-refractivity contribution in [2.75, 3.05) is 0 Å². The highest BCUT2D eigenvalue weighted by molar-refractivity contribution is 6.13. The van der Waals surface area contributed by atoms with Gasteiger partial charge in [0.2, 0.25) is 0 Å². The molecule has 2 aliphatic carbocycles. The van der Waals surface area contributed by atoms with Crippen LogP contribution < -0.4 is 0 Å². The summed E-state index contributed by atoms with van der Waals surface area (Å²) in [5, 5.41) is 48.1. The average molecular weight is 893 g/mol. The van der Waals surface area contributed by atoms with Crippen molar-refractivity contribution in [3.8, 4) is 80.2 Å². The van der Waals surface area contributed by atoms with Crippen LogP contribution in [-0.2, 0) is 10.8 Å². The number of para-hydroxylation sites is 2. The smallest absolute Gasteiger partial charge is 0.101 e. The molecule has 0 N–H and O–H groups in total. The maximum absolute atomic E-state index is 11.0. The van der Waals surface area contributed by atoms with Gasteiger partial charge in [0.15, 0.2) is 0 Å². The number of nitrogens with zero attached hydrogens (tertiary/aromatic N) is 6. The molecule has 0 saturated carbocycles. The van der Waals surface area contributed by atoms with Crippen molar-refractivity contribution in [3.63, 3.8) is 0 Å². The Morgan fingerprint density at radius 2 is 0.686 bits per heavy atom. The minimum Gasteiger partial charge on any atom is -0.307 e. The molecule has 70 heavy (non-hydrogen) atoms. The maximum atomic E-state index is 11.0. The zero-order valence-electron chi connectivity index (χ0n) is 38.8. The molecule has 0 fully saturated rings. The first-order valence-electron chi connectivity index (χ1n) is 23.5. The number of fused-ring (bicyclic) bond motifs is 12. The molecule has 6 nitrogen and oxygen atoms in total. The lowest BCUT2D eigenvalue weighted by atomic mass is 9.82. The predicted octanol–water partition coefficient (Wildman–Crippen LogP) is 15.3. The fraction of sp³-hybridized carbons (Fsp3) is 0.0938. The molecule has 2 aromatic heterocycles. The Hall–Kier alpha value is -9.46. The maximum Gasteiger partial charge on any atom is 0.101 e. The van der Waals surface area contributed by atoms with Gasteiger partial charge in [-0.2, -0.15) is 21.0 Å². The molecule has 0 bridgehead atoms. The first kappa shape index (κ1) is 40.8. The molecule has 0 atom stereocenters. The molecule has 326 valence electrons. The van der Waals surface area contributed by atoms with E-state index >= 15 is 0 Å². The Kier molecular flexibility index (Phi) is 8.46. The number of aromatic nitrogens is 2. The number of nitriles is 4. The van der Waals surface area contributed by atoms with Crippen LogP contribution in [0, 0.1) is 45.3 Å². The summed E-state index contributed by atoms with van der Waals surface area (Å²) in [6.45, 7) is 9.03. The number of rotatable bonds is 4. The number of hydrogen-bond donors (Lipinski definition) is 0. The molecule has 11 aromatic rings. The van der Waals surface area contributed by atoms with Gasteiger partial charge in [-0.15, -0.1) is 0 Å². The zero-order valence-corrected chi connectivity index (χ0v) is 38.8. The van der Waals surface area contributed by atoms with Gasteiger partial charge in [-0.3, -0.25) is 0 Å². The molecule has 0 saturated heterocycles. The van der Waals surface area contributed by atoms with Crippen molar-refractivity contribution in [2.45, 2.75) is 38.5 Å². The lowest BCUT2D eigenvalue weighted by Crippen LogP contribution is -2.15. The van der Waals surface area contributed by atoms with E-state index in [1.165, 1.54) is 44.5 Å². The molecule has 0 radical (unpaired) electrons. The van der Waals surface area contributed by atoms with Gasteiger partial charge in [0.05, 0.1) is 55.7 Å². The monoisotopic (exact) mass is 892 g/mol. The third-order valence-corrected chi connectivity index (χ3v) is 15.4. The zero-order chi connectivity index (χ0) is 47.8. The minimum atomic E-state index is -0.245. The van der Waals surface area contributed by atoms with E-state index in [-0.39, 0.29) is 10.8 Å². The molecule has 0 aliphatic heterocycles. The Morgan fingerprint density at radius 1 is 0.314 bits per heavy atom. The summed E-state index contributed by atoms with van der Waals surface area (Å²) >= 11 is 0. The van der Waals surface area contributed by atoms with Crippen LogP contribution in [0.3, 0.4) is 0 Å². The number of hydrogen-bond acceptors (Lipinski definition) is 4. The van der Waals surface area contributed by atoms with Crippen molar-refractivity contribution in [2.24, 2.45) is 0 Å². The molecule has 0 unspecified atom stereocenters. The van der Waals surface area contributed by atoms with Gasteiger partial charge in [-0.25, -0.2) is 0 Å². The van der Waals surface area contributed by atoms with E-state index in [9.17, 15) is 21.0 Å². The summed E-state index contributed by atoms with van der Waals surface area (Å²) in [6.07, 6.45) is 0. The minimum absolute atomic E-state index is 0.245. The van der Waals surface area contributed by atoms with Crippen LogP contribution in [0.25, 0.3) is 99.5 Å². The highest BCUT2D eigenvalue weighted by Crippen LogP contribution is 2.53. The van der Waals surface area contributed by atoms with Crippen molar-refractivity contribution >= 4 is 43.6 Å². The van der Waals surface area contributed by atoms with Gasteiger partial charge >= 0.3 is 0 Å². The standard InChI is InChI=1S/C64H40N6/c1-63(2)53-20-9-5-16-45(53)49-29-51-47-18-7-11-22-57(47)69(59(51)31-55(49)63)61-41(33-65)25-39(26-42(61)34-66)37-14-13-15-38(24-37)40-27-43(35-67)62(44(28-40)36-68)70-58-23-12-8-19-48(58)52-30-50-46-17-6-10-21-54(46)64(3,4)56(50)32-60(52)70/h5-32H,1-4H3. The molecule has 9 aromatic carbocycles. The SMILES string of the molecule is CC1(C)c2ccccc2-c2cc3c4ccccc4n(-c4c(C#N)cc(-c5cccc(-c6cc(C#N)c(-n7c8ccccc8c8cc9c(cc87)C(C)(C)c7ccccc7-9)c(C#N)c6)c5)cc4C#N)c3cc21. The Morgan fingerprint density at radius 3 is 1.09 bits per heavy atom. The third-order valence-electron chi connectivity index (χ3n) is 15.4. The molecular formula is C64H40N6. The van der Waals surface area contributed by atoms with Crippen LogP contribution in [0.2, 0.25) is 0 Å². The van der Waals surface area contributed by atoms with Gasteiger partial charge in [0, 0.05) is 32.4 Å². The molecular weight excluding hydrogens is 853 g/mol. The van der Waals surface area contributed by atoms with E-state index in [0.717, 1.165) is 54.7 Å². The van der Waals surface area contributed by atoms with E-state index in [2.05, 4.69) is 158 Å². The van der Waals surface area contributed by atoms with E-state index < -0.39 is 0 Å². The van der Waals surface area contributed by atoms with Crippen molar-refractivity contribution in [3.05, 3.63) is 214 Å². The normalized spacial score (nSPS) is 13.6. The Bertz CT molecular complexity index is 4010. The van der Waals surface area contributed by atoms with Gasteiger partial charge in [-0.1, -0.05) is 131 Å². The van der Waals surface area contributed by atoms with Crippen molar-refractivity contribution in [1.29, 1.82) is 21.0 Å². The second-order valence-corrected chi connectivity index (χ2v) is 19.7. The third kappa shape index (κ3) is 5.45. The average Bonchev–Trinajstić information content (AvgIpc) is 4.04. The topological polar surface area (TPSA) is 105 Å². The molecule has 0 amide bonds. The second kappa shape index (κ2) is 14.5. The summed E-state index contributed by atoms with van der Waals surface area (Å²) in [7, 11) is 0. The summed E-state index contributed by atoms with van der Waals surface area (Å²) in [5.41, 5.74) is 18.6. The summed E-state index contributed by atoms with van der Waals surface area (Å²) < 4.78 is 4.19. The van der Waals surface area contributed by atoms with Crippen LogP contribution in [0.15, 0.2) is 170 Å². The Balaban J connectivity index is 0.949. The lowest BCUT2D eigenvalue weighted by Gasteiger charge is -2.22. The van der Waals surface area contributed by atoms with Gasteiger partial charge in [0.25, 0.3) is 0 Å². The lowest BCUT2D eigenvalue weighted by molar-refractivity contribution is 0.661. The van der Waals surface area contributed by atoms with E-state index in [0.29, 0.717) is 44.8 Å². The summed E-state index contributed by atoms with van der Waals surface area (Å²) in [5.74, 6) is 0. The molecule has 2 aliphatic rings. The van der Waals surface area contributed by atoms with E-state index in [1.54, 1.807) is 0 Å². The van der Waals surface area contributed by atoms with Crippen LogP contribution in [0.4, 0.5) is 0 Å². The number of benzene rings is 9. The molecule has 13 rings (SSSR count). The van der Waals surface area contributed by atoms with Crippen molar-refractivity contribution in [1.82, 2.24) is 9.13 Å². The first-order valence-corrected chi connectivity index (χ1v) is 23.5. The van der Waals surface area contributed by atoms with Crippen LogP contribution >= 0.6 is 0 Å². The molecule has 0 spiro atoms. The first-order chi connectivity index (χ1) is 34.0. The summed E-state index contributed by atoms with van der Waals surface area (Å²) in [6, 6.07) is 67.9. The fourth-order valence-corrected chi connectivity index (χ4v) is 12.1. The van der Waals surface area contributed by atoms with Crippen LogP contribution in [0.1, 0.15) is 72.2 Å². The van der Waals surface area contributed by atoms with Gasteiger partial charge in [0.1, 0.15) is 24.3 Å². The van der Waals surface area contributed by atoms with Crippen LogP contribution in [0.5, 0.6) is 0 Å². The Labute approximate surface area is 405 Å². The van der Waals surface area contributed by atoms with Crippen molar-refractivity contribution < 1.29 is 0 Å². The van der Waals surface area contributed by atoms with Gasteiger partial charge < -0.3 is 9.13 Å². The van der Waals surface area contributed by atoms with E-state index in [4.69, 9.17) is 0 Å². The van der Waals surface area contributed by atoms with Gasteiger partial charge in [-0.05, 0) is 133 Å². The second-order valence-electron chi connectivity index (χ2n) is 19.7. The highest BCUT2D eigenvalue weighted by Gasteiger charge is 2.38. The largest absolute Gasteiger partial charge is 0.307 e. The highest BCUT2D eigenvalue weighted by atomic mass is 15.0. The quantitative estimate of drug-likeness (QED) is 0.175. The molecule has 2 heterocycles. The molecule has 6 heteroatoms. The fourth-order valence-electron chi connectivity index (χ4n) is 12.1. The predicted molar refractivity (Wildman–Crippen MR) is 280 cm³/mol. The van der Waals surface area contributed by atoms with E-state index in [1.807, 2.05) is 72.8 Å².